The number of rotatable bonds is 7. The number of allylic oxidation sites excluding steroid dienone is 6. The van der Waals surface area contributed by atoms with Gasteiger partial charge >= 0.3 is 0 Å². The predicted molar refractivity (Wildman–Crippen MR) is 136 cm³/mol. The third-order valence-electron chi connectivity index (χ3n) is 7.27. The molecule has 3 heterocycles. The van der Waals surface area contributed by atoms with E-state index in [0.29, 0.717) is 24.2 Å². The van der Waals surface area contributed by atoms with Crippen LogP contribution in [0.25, 0.3) is 12.2 Å². The first-order valence-corrected chi connectivity index (χ1v) is 12.9. The van der Waals surface area contributed by atoms with Gasteiger partial charge in [0.05, 0.1) is 10.7 Å². The third-order valence-corrected chi connectivity index (χ3v) is 7.27. The number of carbonyl (C=O) groups is 1. The summed E-state index contributed by atoms with van der Waals surface area (Å²) in [5, 5.41) is 5.82. The second-order valence-corrected chi connectivity index (χ2v) is 9.69. The maximum absolute atomic E-state index is 13.2. The molecule has 1 unspecified atom stereocenters. The summed E-state index contributed by atoms with van der Waals surface area (Å²) in [6.07, 6.45) is 22.5. The molecule has 33 heavy (non-hydrogen) atoms. The standard InChI is InChI=1S/C28H40N4O/c1-3-9-25(24-10-6-4-5-7-11-24)20-28(33)31-18-14-23(15-19-31)21-32-22(2)30-26-13-17-29-16-8-12-27(26)32/h4,6-7,10-13,23,25,29H,3,5,8-9,14-21H2,1-2H3/b26-13+,27-12+. The molecule has 1 aliphatic carbocycles. The van der Waals surface area contributed by atoms with Crippen molar-refractivity contribution in [2.45, 2.75) is 65.3 Å². The fraction of sp³-hybridized carbons (Fsp3) is 0.571. The molecular weight excluding hydrogens is 408 g/mol. The summed E-state index contributed by atoms with van der Waals surface area (Å²) in [7, 11) is 0. The Kier molecular flexibility index (Phi) is 8.38. The van der Waals surface area contributed by atoms with Crippen LogP contribution in [0.2, 0.25) is 0 Å². The summed E-state index contributed by atoms with van der Waals surface area (Å²) in [5.74, 6) is 2.36. The van der Waals surface area contributed by atoms with Crippen molar-refractivity contribution < 1.29 is 4.79 Å². The second kappa shape index (κ2) is 11.6. The molecule has 1 saturated heterocycles. The number of aryl methyl sites for hydroxylation is 1. The molecular formula is C28H40N4O. The van der Waals surface area contributed by atoms with Crippen molar-refractivity contribution in [2.75, 3.05) is 26.2 Å². The summed E-state index contributed by atoms with van der Waals surface area (Å²) in [4.78, 5) is 20.1. The molecule has 178 valence electrons. The molecule has 1 fully saturated rings. The van der Waals surface area contributed by atoms with Gasteiger partial charge in [-0.25, -0.2) is 4.98 Å². The molecule has 1 aromatic rings. The Morgan fingerprint density at radius 2 is 2.09 bits per heavy atom. The van der Waals surface area contributed by atoms with Crippen LogP contribution in [-0.4, -0.2) is 46.5 Å². The summed E-state index contributed by atoms with van der Waals surface area (Å²) in [6, 6.07) is 0. The van der Waals surface area contributed by atoms with Crippen LogP contribution < -0.4 is 16.0 Å². The van der Waals surface area contributed by atoms with Gasteiger partial charge in [-0.15, -0.1) is 0 Å². The number of hydrogen-bond donors (Lipinski definition) is 1. The number of hydrogen-bond acceptors (Lipinski definition) is 3. The van der Waals surface area contributed by atoms with Crippen LogP contribution in [-0.2, 0) is 11.3 Å². The van der Waals surface area contributed by atoms with Crippen LogP contribution in [0.1, 0.15) is 57.7 Å². The van der Waals surface area contributed by atoms with Crippen LogP contribution in [0.15, 0.2) is 36.0 Å². The van der Waals surface area contributed by atoms with E-state index in [1.54, 1.807) is 0 Å². The van der Waals surface area contributed by atoms with E-state index in [1.807, 2.05) is 0 Å². The summed E-state index contributed by atoms with van der Waals surface area (Å²) in [5.41, 5.74) is 1.31. The van der Waals surface area contributed by atoms with E-state index in [2.05, 4.69) is 71.2 Å². The monoisotopic (exact) mass is 448 g/mol. The number of fused-ring (bicyclic) bond motifs is 1. The Labute approximate surface area is 198 Å². The Morgan fingerprint density at radius 3 is 2.91 bits per heavy atom. The number of piperidine rings is 1. The molecule has 1 aromatic heterocycles. The van der Waals surface area contributed by atoms with Crippen molar-refractivity contribution in [3.05, 3.63) is 52.5 Å². The molecule has 5 nitrogen and oxygen atoms in total. The zero-order valence-electron chi connectivity index (χ0n) is 20.4. The van der Waals surface area contributed by atoms with Gasteiger partial charge in [-0.3, -0.25) is 4.79 Å². The van der Waals surface area contributed by atoms with E-state index in [0.717, 1.165) is 82.4 Å². The largest absolute Gasteiger partial charge is 0.343 e. The fourth-order valence-electron chi connectivity index (χ4n) is 5.35. The molecule has 3 aliphatic rings. The highest BCUT2D eigenvalue weighted by Crippen LogP contribution is 2.26. The van der Waals surface area contributed by atoms with Gasteiger partial charge in [0, 0.05) is 32.6 Å². The lowest BCUT2D eigenvalue weighted by Crippen LogP contribution is -2.41. The average molecular weight is 449 g/mol. The number of nitrogens with zero attached hydrogens (tertiary/aromatic N) is 3. The molecule has 5 heteroatoms. The Balaban J connectivity index is 1.36. The SMILES string of the molecule is CCCC(CC(=O)N1CCC(Cn2c(C)nc3/c2=C\CCNC\C=3)CC1)C1=CC=CCC=C1. The van der Waals surface area contributed by atoms with E-state index in [4.69, 9.17) is 4.98 Å². The molecule has 1 N–H and O–H groups in total. The van der Waals surface area contributed by atoms with Crippen molar-refractivity contribution in [1.29, 1.82) is 0 Å². The second-order valence-electron chi connectivity index (χ2n) is 9.69. The number of imidazole rings is 1. The van der Waals surface area contributed by atoms with Crippen molar-refractivity contribution in [2.24, 2.45) is 11.8 Å². The van der Waals surface area contributed by atoms with Crippen LogP contribution in [0.5, 0.6) is 0 Å². The normalized spacial score (nSPS) is 22.1. The van der Waals surface area contributed by atoms with Crippen LogP contribution >= 0.6 is 0 Å². The highest BCUT2D eigenvalue weighted by Gasteiger charge is 2.26. The molecule has 0 saturated carbocycles. The first kappa shape index (κ1) is 23.7. The minimum atomic E-state index is 0.327. The zero-order valence-corrected chi connectivity index (χ0v) is 20.4. The molecule has 0 radical (unpaired) electrons. The summed E-state index contributed by atoms with van der Waals surface area (Å²) >= 11 is 0. The first-order chi connectivity index (χ1) is 16.2. The van der Waals surface area contributed by atoms with Gasteiger partial charge in [0.2, 0.25) is 5.91 Å². The number of nitrogens with one attached hydrogen (secondary N) is 1. The maximum Gasteiger partial charge on any atom is 0.223 e. The van der Waals surface area contributed by atoms with E-state index in [1.165, 1.54) is 10.9 Å². The summed E-state index contributed by atoms with van der Waals surface area (Å²) in [6.45, 7) is 9.02. The van der Waals surface area contributed by atoms with Gasteiger partial charge in [0.1, 0.15) is 5.82 Å². The Morgan fingerprint density at radius 1 is 1.24 bits per heavy atom. The molecule has 1 amide bonds. The zero-order chi connectivity index (χ0) is 23.0. The molecule has 2 aliphatic heterocycles. The Bertz CT molecular complexity index is 1020. The number of aromatic nitrogens is 2. The van der Waals surface area contributed by atoms with Gasteiger partial charge in [0.15, 0.2) is 0 Å². The number of likely N-dealkylation sites (tertiary alicyclic amines) is 1. The lowest BCUT2D eigenvalue weighted by Gasteiger charge is -2.33. The van der Waals surface area contributed by atoms with Crippen molar-refractivity contribution in [1.82, 2.24) is 19.8 Å². The molecule has 1 atom stereocenters. The van der Waals surface area contributed by atoms with E-state index < -0.39 is 0 Å². The van der Waals surface area contributed by atoms with Crippen LogP contribution in [0, 0.1) is 18.8 Å². The Hall–Kier alpha value is -2.40. The smallest absolute Gasteiger partial charge is 0.223 e. The lowest BCUT2D eigenvalue weighted by atomic mass is 9.89. The van der Waals surface area contributed by atoms with E-state index >= 15 is 0 Å². The minimum absolute atomic E-state index is 0.327. The van der Waals surface area contributed by atoms with Crippen LogP contribution in [0.3, 0.4) is 0 Å². The van der Waals surface area contributed by atoms with Crippen molar-refractivity contribution in [3.63, 3.8) is 0 Å². The molecule has 4 rings (SSSR count). The average Bonchev–Trinajstić information content (AvgIpc) is 2.98. The molecule has 0 aromatic carbocycles. The quantitative estimate of drug-likeness (QED) is 0.697. The fourth-order valence-corrected chi connectivity index (χ4v) is 5.35. The van der Waals surface area contributed by atoms with Crippen molar-refractivity contribution >= 4 is 18.1 Å². The molecule has 0 bridgehead atoms. The van der Waals surface area contributed by atoms with Gasteiger partial charge in [-0.05, 0) is 69.1 Å². The van der Waals surface area contributed by atoms with E-state index in [9.17, 15) is 4.79 Å². The topological polar surface area (TPSA) is 50.2 Å². The van der Waals surface area contributed by atoms with Crippen molar-refractivity contribution in [3.8, 4) is 0 Å². The van der Waals surface area contributed by atoms with Crippen LogP contribution in [0.4, 0.5) is 0 Å². The highest BCUT2D eigenvalue weighted by atomic mass is 16.2. The number of amides is 1. The maximum atomic E-state index is 13.2. The van der Waals surface area contributed by atoms with E-state index in [-0.39, 0.29) is 0 Å². The number of carbonyl (C=O) groups excluding carboxylic acids is 1. The lowest BCUT2D eigenvalue weighted by molar-refractivity contribution is -0.133. The third kappa shape index (κ3) is 6.14. The predicted octanol–water partition coefficient (Wildman–Crippen LogP) is 3.23. The minimum Gasteiger partial charge on any atom is -0.343 e. The first-order valence-electron chi connectivity index (χ1n) is 12.9. The van der Waals surface area contributed by atoms with Gasteiger partial charge < -0.3 is 14.8 Å². The summed E-state index contributed by atoms with van der Waals surface area (Å²) < 4.78 is 2.41. The van der Waals surface area contributed by atoms with Gasteiger partial charge in [-0.2, -0.15) is 0 Å². The van der Waals surface area contributed by atoms with Gasteiger partial charge in [0.25, 0.3) is 0 Å². The highest BCUT2D eigenvalue weighted by molar-refractivity contribution is 5.77. The van der Waals surface area contributed by atoms with Gasteiger partial charge in [-0.1, -0.05) is 49.8 Å². The molecule has 0 spiro atoms.